The van der Waals surface area contributed by atoms with Crippen LogP contribution in [0.25, 0.3) is 5.82 Å². The lowest BCUT2D eigenvalue weighted by atomic mass is 10.1. The van der Waals surface area contributed by atoms with Gasteiger partial charge in [0.15, 0.2) is 5.82 Å². The molecule has 0 spiro atoms. The Kier molecular flexibility index (Phi) is 4.57. The van der Waals surface area contributed by atoms with Crippen molar-refractivity contribution in [2.24, 2.45) is 0 Å². The number of aryl methyl sites for hydroxylation is 1. The molecule has 0 unspecified atom stereocenters. The zero-order chi connectivity index (χ0) is 16.9. The molecule has 0 aliphatic rings. The van der Waals surface area contributed by atoms with Gasteiger partial charge in [-0.1, -0.05) is 18.2 Å². The summed E-state index contributed by atoms with van der Waals surface area (Å²) in [6.45, 7) is 4.77. The van der Waals surface area contributed by atoms with Gasteiger partial charge >= 0.3 is 0 Å². The summed E-state index contributed by atoms with van der Waals surface area (Å²) in [5, 5.41) is 16.7. The molecule has 120 valence electrons. The van der Waals surface area contributed by atoms with Gasteiger partial charge < -0.3 is 5.32 Å². The van der Waals surface area contributed by atoms with E-state index in [9.17, 15) is 0 Å². The summed E-state index contributed by atoms with van der Waals surface area (Å²) in [4.78, 5) is 4.36. The van der Waals surface area contributed by atoms with Gasteiger partial charge in [-0.15, -0.1) is 0 Å². The normalized spacial score (nSPS) is 10.4. The maximum Gasteiger partial charge on any atom is 0.153 e. The first-order chi connectivity index (χ1) is 11.7. The smallest absolute Gasteiger partial charge is 0.153 e. The number of benzene rings is 1. The molecule has 0 radical (unpaired) electrons. The topological polar surface area (TPSA) is 66.5 Å². The molecule has 2 aromatic heterocycles. The Labute approximate surface area is 141 Å². The summed E-state index contributed by atoms with van der Waals surface area (Å²) < 4.78 is 1.88. The lowest BCUT2D eigenvalue weighted by Gasteiger charge is -2.08. The van der Waals surface area contributed by atoms with E-state index in [1.807, 2.05) is 54.1 Å². The van der Waals surface area contributed by atoms with Crippen LogP contribution in [0.15, 0.2) is 48.7 Å². The number of nitriles is 1. The van der Waals surface area contributed by atoms with Crippen molar-refractivity contribution in [1.82, 2.24) is 14.8 Å². The fourth-order valence-electron chi connectivity index (χ4n) is 2.66. The van der Waals surface area contributed by atoms with E-state index in [0.717, 1.165) is 28.5 Å². The van der Waals surface area contributed by atoms with Gasteiger partial charge in [0.25, 0.3) is 0 Å². The summed E-state index contributed by atoms with van der Waals surface area (Å²) in [6.07, 6.45) is 2.21. The molecule has 24 heavy (non-hydrogen) atoms. The Morgan fingerprint density at radius 2 is 1.92 bits per heavy atom. The molecule has 0 saturated heterocycles. The van der Waals surface area contributed by atoms with E-state index < -0.39 is 0 Å². The first kappa shape index (κ1) is 15.8. The highest BCUT2D eigenvalue weighted by Gasteiger charge is 2.13. The molecule has 3 rings (SSSR count). The van der Waals surface area contributed by atoms with Gasteiger partial charge in [-0.3, -0.25) is 0 Å². The molecule has 5 nitrogen and oxygen atoms in total. The van der Waals surface area contributed by atoms with Gasteiger partial charge in [0.05, 0.1) is 18.2 Å². The first-order valence-corrected chi connectivity index (χ1v) is 7.85. The summed E-state index contributed by atoms with van der Waals surface area (Å²) in [6, 6.07) is 15.9. The van der Waals surface area contributed by atoms with E-state index in [-0.39, 0.29) is 0 Å². The van der Waals surface area contributed by atoms with E-state index in [4.69, 9.17) is 5.26 Å². The van der Waals surface area contributed by atoms with Crippen LogP contribution in [0.5, 0.6) is 0 Å². The predicted octanol–water partition coefficient (Wildman–Crippen LogP) is 3.56. The number of nitrogens with zero attached hydrogens (tertiary/aromatic N) is 4. The molecule has 0 bridgehead atoms. The summed E-state index contributed by atoms with van der Waals surface area (Å²) in [5.74, 6) is 0.824. The lowest BCUT2D eigenvalue weighted by Crippen LogP contribution is -2.04. The minimum Gasteiger partial charge on any atom is -0.381 e. The van der Waals surface area contributed by atoms with Crippen LogP contribution in [0.3, 0.4) is 0 Å². The van der Waals surface area contributed by atoms with Gasteiger partial charge in [0.2, 0.25) is 0 Å². The number of hydrogen-bond acceptors (Lipinski definition) is 4. The molecule has 2 heterocycles. The first-order valence-electron chi connectivity index (χ1n) is 7.85. The minimum absolute atomic E-state index is 0.440. The van der Waals surface area contributed by atoms with Crippen LogP contribution in [0, 0.1) is 25.2 Å². The highest BCUT2D eigenvalue weighted by Crippen LogP contribution is 2.18. The van der Waals surface area contributed by atoms with Crippen molar-refractivity contribution in [2.75, 3.05) is 5.32 Å². The SMILES string of the molecule is Cc1nn(-c2ccccn2)c(C)c1CNc1ccc(CC#N)cc1. The Morgan fingerprint density at radius 3 is 2.58 bits per heavy atom. The van der Waals surface area contributed by atoms with Crippen LogP contribution in [0.1, 0.15) is 22.5 Å². The lowest BCUT2D eigenvalue weighted by molar-refractivity contribution is 0.805. The van der Waals surface area contributed by atoms with Gasteiger partial charge in [-0.25, -0.2) is 9.67 Å². The molecular formula is C19H19N5. The number of rotatable bonds is 5. The third-order valence-electron chi connectivity index (χ3n) is 4.01. The highest BCUT2D eigenvalue weighted by atomic mass is 15.3. The molecule has 0 amide bonds. The Hall–Kier alpha value is -3.13. The maximum atomic E-state index is 8.72. The second-order valence-corrected chi connectivity index (χ2v) is 5.63. The maximum absolute atomic E-state index is 8.72. The molecule has 0 aliphatic carbocycles. The van der Waals surface area contributed by atoms with Crippen LogP contribution in [0.2, 0.25) is 0 Å². The minimum atomic E-state index is 0.440. The summed E-state index contributed by atoms with van der Waals surface area (Å²) in [7, 11) is 0. The van der Waals surface area contributed by atoms with Crippen LogP contribution in [0.4, 0.5) is 5.69 Å². The van der Waals surface area contributed by atoms with E-state index in [0.29, 0.717) is 13.0 Å². The summed E-state index contributed by atoms with van der Waals surface area (Å²) >= 11 is 0. The standard InChI is InChI=1S/C19H19N5/c1-14-18(13-22-17-8-6-16(7-9-17)10-11-20)15(2)24(23-14)19-5-3-4-12-21-19/h3-9,12,22H,10,13H2,1-2H3. The molecule has 0 atom stereocenters. The number of nitrogens with one attached hydrogen (secondary N) is 1. The third kappa shape index (κ3) is 3.28. The van der Waals surface area contributed by atoms with Gasteiger partial charge in [0, 0.05) is 29.7 Å². The zero-order valence-corrected chi connectivity index (χ0v) is 13.8. The molecule has 1 N–H and O–H groups in total. The van der Waals surface area contributed by atoms with Crippen molar-refractivity contribution in [3.8, 4) is 11.9 Å². The van der Waals surface area contributed by atoms with Crippen molar-refractivity contribution in [1.29, 1.82) is 5.26 Å². The van der Waals surface area contributed by atoms with E-state index in [2.05, 4.69) is 28.4 Å². The Morgan fingerprint density at radius 1 is 1.12 bits per heavy atom. The predicted molar refractivity (Wildman–Crippen MR) is 93.9 cm³/mol. The average molecular weight is 317 g/mol. The largest absolute Gasteiger partial charge is 0.381 e. The van der Waals surface area contributed by atoms with E-state index in [1.54, 1.807) is 6.20 Å². The van der Waals surface area contributed by atoms with Crippen LogP contribution in [-0.2, 0) is 13.0 Å². The third-order valence-corrected chi connectivity index (χ3v) is 4.01. The van der Waals surface area contributed by atoms with Crippen LogP contribution < -0.4 is 5.32 Å². The van der Waals surface area contributed by atoms with Crippen molar-refractivity contribution in [3.63, 3.8) is 0 Å². The van der Waals surface area contributed by atoms with Crippen LogP contribution >= 0.6 is 0 Å². The second kappa shape index (κ2) is 6.97. The molecule has 0 saturated carbocycles. The average Bonchev–Trinajstić information content (AvgIpc) is 2.90. The summed E-state index contributed by atoms with van der Waals surface area (Å²) in [5.41, 5.74) is 5.30. The number of hydrogen-bond donors (Lipinski definition) is 1. The van der Waals surface area contributed by atoms with E-state index in [1.165, 1.54) is 5.56 Å². The molecular weight excluding hydrogens is 298 g/mol. The molecule has 5 heteroatoms. The monoisotopic (exact) mass is 317 g/mol. The van der Waals surface area contributed by atoms with Crippen molar-refractivity contribution >= 4 is 5.69 Å². The van der Waals surface area contributed by atoms with Crippen molar-refractivity contribution < 1.29 is 0 Å². The Balaban J connectivity index is 1.76. The second-order valence-electron chi connectivity index (χ2n) is 5.63. The fraction of sp³-hybridized carbons (Fsp3) is 0.211. The van der Waals surface area contributed by atoms with Crippen molar-refractivity contribution in [2.45, 2.75) is 26.8 Å². The van der Waals surface area contributed by atoms with Gasteiger partial charge in [-0.2, -0.15) is 10.4 Å². The number of anilines is 1. The number of pyridine rings is 1. The molecule has 0 aliphatic heterocycles. The fourth-order valence-corrected chi connectivity index (χ4v) is 2.66. The molecule has 3 aromatic rings. The van der Waals surface area contributed by atoms with Crippen molar-refractivity contribution in [3.05, 3.63) is 71.2 Å². The van der Waals surface area contributed by atoms with Gasteiger partial charge in [-0.05, 0) is 43.7 Å². The van der Waals surface area contributed by atoms with Crippen LogP contribution in [-0.4, -0.2) is 14.8 Å². The number of aromatic nitrogens is 3. The molecule has 0 fully saturated rings. The quantitative estimate of drug-likeness (QED) is 0.781. The van der Waals surface area contributed by atoms with Gasteiger partial charge in [0.1, 0.15) is 0 Å². The van der Waals surface area contributed by atoms with E-state index >= 15 is 0 Å². The Bertz CT molecular complexity index is 857. The molecule has 1 aromatic carbocycles. The highest BCUT2D eigenvalue weighted by molar-refractivity contribution is 5.46. The zero-order valence-electron chi connectivity index (χ0n) is 13.8.